The van der Waals surface area contributed by atoms with Crippen LogP contribution in [0.25, 0.3) is 10.4 Å². The highest BCUT2D eigenvalue weighted by Crippen LogP contribution is 2.58. The van der Waals surface area contributed by atoms with Gasteiger partial charge in [-0.2, -0.15) is 0 Å². The van der Waals surface area contributed by atoms with Crippen LogP contribution in [-0.2, 0) is 20.4 Å². The van der Waals surface area contributed by atoms with E-state index in [1.54, 1.807) is 18.4 Å². The van der Waals surface area contributed by atoms with Gasteiger partial charge >= 0.3 is 6.09 Å². The van der Waals surface area contributed by atoms with Gasteiger partial charge in [-0.1, -0.05) is 46.2 Å². The van der Waals surface area contributed by atoms with E-state index in [1.807, 2.05) is 23.4 Å². The Kier molecular flexibility index (Phi) is 10.9. The minimum absolute atomic E-state index is 0.0274. The predicted molar refractivity (Wildman–Crippen MR) is 201 cm³/mol. The lowest BCUT2D eigenvalue weighted by Gasteiger charge is -2.55. The molecular formula is C41H56N4O4S. The molecule has 270 valence electrons. The third-order valence-corrected chi connectivity index (χ3v) is 13.2. The third-order valence-electron chi connectivity index (χ3n) is 11.7. The second-order valence-electron chi connectivity index (χ2n) is 16.2. The molecule has 0 unspecified atom stereocenters. The first-order chi connectivity index (χ1) is 23.9. The normalized spacial score (nSPS) is 24.8. The number of carbonyl (C=O) groups is 2. The number of anilines is 1. The van der Waals surface area contributed by atoms with Gasteiger partial charge in [-0.3, -0.25) is 9.69 Å². The van der Waals surface area contributed by atoms with Gasteiger partial charge in [-0.15, -0.1) is 11.3 Å². The lowest BCUT2D eigenvalue weighted by molar-refractivity contribution is -0.124. The fraction of sp³-hybridized carbons (Fsp3) is 0.610. The highest BCUT2D eigenvalue weighted by atomic mass is 32.1. The fourth-order valence-corrected chi connectivity index (χ4v) is 9.40. The van der Waals surface area contributed by atoms with Crippen molar-refractivity contribution in [3.05, 3.63) is 58.9 Å². The Morgan fingerprint density at radius 2 is 1.72 bits per heavy atom. The number of ether oxygens (including phenoxy) is 2. The van der Waals surface area contributed by atoms with Crippen molar-refractivity contribution < 1.29 is 19.1 Å². The summed E-state index contributed by atoms with van der Waals surface area (Å²) >= 11 is 1.71. The molecule has 0 aliphatic heterocycles. The van der Waals surface area contributed by atoms with E-state index in [0.29, 0.717) is 38.8 Å². The molecule has 2 bridgehead atoms. The minimum atomic E-state index is -0.344. The molecule has 4 fully saturated rings. The van der Waals surface area contributed by atoms with Crippen molar-refractivity contribution in [3.8, 4) is 16.2 Å². The summed E-state index contributed by atoms with van der Waals surface area (Å²) in [6.45, 7) is 12.1. The summed E-state index contributed by atoms with van der Waals surface area (Å²) in [6, 6.07) is 10.9. The van der Waals surface area contributed by atoms with Crippen LogP contribution >= 0.6 is 11.3 Å². The van der Waals surface area contributed by atoms with E-state index in [2.05, 4.69) is 64.2 Å². The molecule has 4 aliphatic rings. The molecule has 4 saturated carbocycles. The van der Waals surface area contributed by atoms with Crippen molar-refractivity contribution in [1.82, 2.24) is 15.3 Å². The number of pyridine rings is 1. The molecule has 0 radical (unpaired) electrons. The summed E-state index contributed by atoms with van der Waals surface area (Å²) in [4.78, 5) is 39.7. The maximum Gasteiger partial charge on any atom is 0.407 e. The van der Waals surface area contributed by atoms with E-state index in [0.717, 1.165) is 78.4 Å². The first kappa shape index (κ1) is 36.3. The third kappa shape index (κ3) is 7.88. The van der Waals surface area contributed by atoms with Crippen LogP contribution in [0.4, 0.5) is 10.6 Å². The number of hydrogen-bond donors (Lipinski definition) is 1. The monoisotopic (exact) mass is 700 g/mol. The molecule has 4 aliphatic carbocycles. The van der Waals surface area contributed by atoms with Gasteiger partial charge in [0.25, 0.3) is 0 Å². The Hall–Kier alpha value is -3.46. The van der Waals surface area contributed by atoms with Crippen LogP contribution in [-0.4, -0.2) is 48.3 Å². The average molecular weight is 701 g/mol. The van der Waals surface area contributed by atoms with E-state index in [-0.39, 0.29) is 40.3 Å². The van der Waals surface area contributed by atoms with E-state index < -0.39 is 0 Å². The number of nitrogens with one attached hydrogen (secondary N) is 1. The number of rotatable bonds is 11. The maximum atomic E-state index is 14.7. The van der Waals surface area contributed by atoms with Gasteiger partial charge in [-0.05, 0) is 123 Å². The molecule has 1 aromatic carbocycles. The summed E-state index contributed by atoms with van der Waals surface area (Å²) < 4.78 is 11.3. The van der Waals surface area contributed by atoms with E-state index >= 15 is 0 Å². The Bertz CT molecular complexity index is 1630. The topological polar surface area (TPSA) is 93.7 Å². The molecule has 9 heteroatoms. The zero-order valence-electron chi connectivity index (χ0n) is 31.0. The number of amides is 2. The second kappa shape index (κ2) is 15.0. The van der Waals surface area contributed by atoms with E-state index in [4.69, 9.17) is 19.4 Å². The number of benzene rings is 1. The number of alkyl carbamates (subject to hydrolysis) is 1. The summed E-state index contributed by atoms with van der Waals surface area (Å²) in [6.07, 6.45) is 14.8. The Labute approximate surface area is 302 Å². The highest BCUT2D eigenvalue weighted by Gasteiger charge is 2.51. The zero-order valence-corrected chi connectivity index (χ0v) is 31.8. The number of aryl methyl sites for hydroxylation is 1. The molecule has 50 heavy (non-hydrogen) atoms. The number of nitrogens with zero attached hydrogens (tertiary/aromatic N) is 3. The number of aromatic nitrogens is 2. The number of hydrogen-bond acceptors (Lipinski definition) is 7. The Morgan fingerprint density at radius 1 is 1.00 bits per heavy atom. The van der Waals surface area contributed by atoms with Crippen molar-refractivity contribution in [2.45, 2.75) is 129 Å². The second-order valence-corrected chi connectivity index (χ2v) is 17.3. The van der Waals surface area contributed by atoms with Crippen molar-refractivity contribution >= 4 is 29.2 Å². The molecule has 2 heterocycles. The average Bonchev–Trinajstić information content (AvgIpc) is 3.64. The van der Waals surface area contributed by atoms with Crippen molar-refractivity contribution in [2.75, 3.05) is 25.1 Å². The minimum Gasteiger partial charge on any atom is -0.496 e. The standard InChI is InChI=1S/C41H56N4O4S/c1-7-8-22-43-38(47)49-32-12-9-29(10-13-32)36(46)45(35-25-30(15-23-42-35)34-26-44-37(50-34)39(3,4)5)27-40-16-19-41(20-17-40,21-18-40)31-11-14-33(48-6)28(2)24-31/h11,14-15,23-26,29,32H,7-10,12-13,16-22,27H2,1-6H3,(H,43,47)/t29-,32-,40?,41?. The van der Waals surface area contributed by atoms with Crippen LogP contribution in [0.3, 0.4) is 0 Å². The van der Waals surface area contributed by atoms with Gasteiger partial charge in [0.15, 0.2) is 0 Å². The first-order valence-corrected chi connectivity index (χ1v) is 19.6. The number of thiazole rings is 1. The molecule has 0 saturated heterocycles. The molecule has 1 N–H and O–H groups in total. The highest BCUT2D eigenvalue weighted by molar-refractivity contribution is 7.15. The van der Waals surface area contributed by atoms with Gasteiger partial charge in [0.2, 0.25) is 5.91 Å². The van der Waals surface area contributed by atoms with Crippen molar-refractivity contribution in [3.63, 3.8) is 0 Å². The van der Waals surface area contributed by atoms with Crippen LogP contribution in [0, 0.1) is 18.3 Å². The molecule has 2 amide bonds. The zero-order chi connectivity index (χ0) is 35.5. The van der Waals surface area contributed by atoms with Gasteiger partial charge in [0.05, 0.1) is 17.0 Å². The molecule has 0 atom stereocenters. The van der Waals surface area contributed by atoms with Gasteiger partial charge < -0.3 is 14.8 Å². The van der Waals surface area contributed by atoms with Crippen LogP contribution < -0.4 is 15.0 Å². The van der Waals surface area contributed by atoms with E-state index in [9.17, 15) is 9.59 Å². The van der Waals surface area contributed by atoms with Crippen LogP contribution in [0.2, 0.25) is 0 Å². The number of methoxy groups -OCH3 is 1. The fourth-order valence-electron chi connectivity index (χ4n) is 8.43. The summed E-state index contributed by atoms with van der Waals surface area (Å²) in [7, 11) is 1.74. The smallest absolute Gasteiger partial charge is 0.407 e. The van der Waals surface area contributed by atoms with Crippen LogP contribution in [0.15, 0.2) is 42.7 Å². The molecule has 7 rings (SSSR count). The van der Waals surface area contributed by atoms with E-state index in [1.165, 1.54) is 11.1 Å². The van der Waals surface area contributed by atoms with Crippen LogP contribution in [0.1, 0.15) is 121 Å². The number of carbonyl (C=O) groups excluding carboxylic acids is 2. The lowest BCUT2D eigenvalue weighted by Crippen LogP contribution is -2.52. The van der Waals surface area contributed by atoms with Crippen molar-refractivity contribution in [2.24, 2.45) is 11.3 Å². The predicted octanol–water partition coefficient (Wildman–Crippen LogP) is 9.53. The molecule has 3 aromatic rings. The lowest BCUT2D eigenvalue weighted by atomic mass is 9.51. The molecule has 0 spiro atoms. The SMILES string of the molecule is CCCCNC(=O)O[C@H]1CC[C@H](C(=O)N(CC23CCC(c4ccc(OC)c(C)c4)(CC2)CC3)c2cc(-c3cnc(C(C)(C)C)s3)ccn2)CC1. The van der Waals surface area contributed by atoms with Crippen molar-refractivity contribution in [1.29, 1.82) is 0 Å². The molecule has 2 aromatic heterocycles. The first-order valence-electron chi connectivity index (χ1n) is 18.8. The van der Waals surface area contributed by atoms with Gasteiger partial charge in [-0.25, -0.2) is 14.8 Å². The maximum absolute atomic E-state index is 14.7. The number of unbranched alkanes of at least 4 members (excludes halogenated alkanes) is 1. The Balaban J connectivity index is 1.21. The molecule has 8 nitrogen and oxygen atoms in total. The quantitative estimate of drug-likeness (QED) is 0.200. The molecular weight excluding hydrogens is 645 g/mol. The Morgan fingerprint density at radius 3 is 2.34 bits per heavy atom. The van der Waals surface area contributed by atoms with Crippen LogP contribution in [0.5, 0.6) is 5.75 Å². The number of fused-ring (bicyclic) bond motifs is 3. The van der Waals surface area contributed by atoms with Gasteiger partial charge in [0, 0.05) is 36.8 Å². The summed E-state index contributed by atoms with van der Waals surface area (Å²) in [5.74, 6) is 1.71. The summed E-state index contributed by atoms with van der Waals surface area (Å²) in [5, 5.41) is 3.95. The van der Waals surface area contributed by atoms with Gasteiger partial charge in [0.1, 0.15) is 17.7 Å². The largest absolute Gasteiger partial charge is 0.496 e. The summed E-state index contributed by atoms with van der Waals surface area (Å²) in [5.41, 5.74) is 3.91.